The molecule has 0 radical (unpaired) electrons. The largest absolute Gasteiger partial charge is 0.507 e. The van der Waals surface area contributed by atoms with Crippen molar-refractivity contribution in [2.24, 2.45) is 0 Å². The molecule has 0 saturated heterocycles. The predicted octanol–water partition coefficient (Wildman–Crippen LogP) is -0.156. The average molecular weight is 227 g/mol. The molecule has 4 N–H and O–H groups in total. The number of aromatic hydroxyl groups is 1. The Bertz CT molecular complexity index is 330. The number of methoxy groups -OCH3 is 1. The molecule has 0 amide bonds. The molecule has 0 saturated carbocycles. The molecule has 0 aromatic heterocycles. The second-order valence-electron chi connectivity index (χ2n) is 3.46. The van der Waals surface area contributed by atoms with Gasteiger partial charge >= 0.3 is 0 Å². The molecule has 0 aliphatic rings. The van der Waals surface area contributed by atoms with Crippen LogP contribution in [0.5, 0.6) is 11.5 Å². The van der Waals surface area contributed by atoms with Crippen molar-refractivity contribution in [1.82, 2.24) is 5.32 Å². The van der Waals surface area contributed by atoms with Crippen molar-refractivity contribution in [1.29, 1.82) is 0 Å². The maximum Gasteiger partial charge on any atom is 0.123 e. The molecule has 0 aliphatic heterocycles. The average Bonchev–Trinajstić information content (AvgIpc) is 2.30. The van der Waals surface area contributed by atoms with Gasteiger partial charge in [0.25, 0.3) is 0 Å². The molecule has 1 atom stereocenters. The molecule has 1 rings (SSSR count). The van der Waals surface area contributed by atoms with Crippen molar-refractivity contribution in [3.8, 4) is 11.5 Å². The van der Waals surface area contributed by atoms with Crippen molar-refractivity contribution < 1.29 is 20.1 Å². The first-order chi connectivity index (χ1) is 7.67. The van der Waals surface area contributed by atoms with Crippen LogP contribution in [-0.4, -0.2) is 41.7 Å². The van der Waals surface area contributed by atoms with Gasteiger partial charge in [-0.2, -0.15) is 0 Å². The molecule has 5 heteroatoms. The lowest BCUT2D eigenvalue weighted by Crippen LogP contribution is -2.28. The molecule has 5 nitrogen and oxygen atoms in total. The predicted molar refractivity (Wildman–Crippen MR) is 59.5 cm³/mol. The maximum absolute atomic E-state index is 9.61. The van der Waals surface area contributed by atoms with Gasteiger partial charge in [-0.15, -0.1) is 0 Å². The van der Waals surface area contributed by atoms with Crippen LogP contribution >= 0.6 is 0 Å². The van der Waals surface area contributed by atoms with Crippen LogP contribution in [0.4, 0.5) is 0 Å². The monoisotopic (exact) mass is 227 g/mol. The highest BCUT2D eigenvalue weighted by Crippen LogP contribution is 2.22. The Labute approximate surface area is 94.3 Å². The highest BCUT2D eigenvalue weighted by Gasteiger charge is 2.04. The highest BCUT2D eigenvalue weighted by molar-refractivity contribution is 5.39. The minimum absolute atomic E-state index is 0.144. The zero-order valence-electron chi connectivity index (χ0n) is 9.18. The van der Waals surface area contributed by atoms with Crippen LogP contribution in [-0.2, 0) is 6.54 Å². The molecule has 0 unspecified atom stereocenters. The van der Waals surface area contributed by atoms with Crippen molar-refractivity contribution >= 4 is 0 Å². The van der Waals surface area contributed by atoms with Gasteiger partial charge in [0.05, 0.1) is 19.8 Å². The standard InChI is InChI=1S/C11H17NO4/c1-16-10-3-2-8(11(15)4-10)5-12-6-9(14)7-13/h2-4,9,12-15H,5-7H2,1H3/t9-/m1/s1. The van der Waals surface area contributed by atoms with Crippen molar-refractivity contribution in [2.45, 2.75) is 12.6 Å². The third-order valence-corrected chi connectivity index (χ3v) is 2.20. The number of phenolic OH excluding ortho intramolecular Hbond substituents is 1. The summed E-state index contributed by atoms with van der Waals surface area (Å²) in [5, 5.41) is 30.2. The van der Waals surface area contributed by atoms with E-state index in [1.54, 1.807) is 12.1 Å². The fourth-order valence-electron chi connectivity index (χ4n) is 1.26. The first kappa shape index (κ1) is 12.8. The molecule has 0 heterocycles. The quantitative estimate of drug-likeness (QED) is 0.543. The van der Waals surface area contributed by atoms with Crippen LogP contribution in [0.25, 0.3) is 0 Å². The van der Waals surface area contributed by atoms with E-state index in [2.05, 4.69) is 5.32 Å². The minimum atomic E-state index is -0.777. The molecule has 0 fully saturated rings. The Morgan fingerprint density at radius 1 is 1.44 bits per heavy atom. The van der Waals surface area contributed by atoms with Gasteiger partial charge in [-0.3, -0.25) is 0 Å². The summed E-state index contributed by atoms with van der Waals surface area (Å²) >= 11 is 0. The molecular formula is C11H17NO4. The van der Waals surface area contributed by atoms with E-state index in [0.717, 1.165) is 0 Å². The van der Waals surface area contributed by atoms with Crippen LogP contribution in [0.3, 0.4) is 0 Å². The zero-order valence-corrected chi connectivity index (χ0v) is 9.18. The van der Waals surface area contributed by atoms with E-state index in [1.807, 2.05) is 0 Å². The van der Waals surface area contributed by atoms with E-state index in [4.69, 9.17) is 14.9 Å². The second kappa shape index (κ2) is 6.32. The van der Waals surface area contributed by atoms with Crippen molar-refractivity contribution in [3.63, 3.8) is 0 Å². The molecule has 1 aromatic rings. The first-order valence-electron chi connectivity index (χ1n) is 5.03. The van der Waals surface area contributed by atoms with Crippen LogP contribution < -0.4 is 10.1 Å². The zero-order chi connectivity index (χ0) is 12.0. The van der Waals surface area contributed by atoms with Gasteiger partial charge in [-0.05, 0) is 6.07 Å². The topological polar surface area (TPSA) is 82.0 Å². The smallest absolute Gasteiger partial charge is 0.123 e. The van der Waals surface area contributed by atoms with E-state index < -0.39 is 6.10 Å². The summed E-state index contributed by atoms with van der Waals surface area (Å²) in [5.41, 5.74) is 0.714. The normalized spacial score (nSPS) is 12.4. The SMILES string of the molecule is COc1ccc(CNC[C@@H](O)CO)c(O)c1. The number of benzene rings is 1. The van der Waals surface area contributed by atoms with Gasteiger partial charge in [-0.1, -0.05) is 6.07 Å². The lowest BCUT2D eigenvalue weighted by Gasteiger charge is -2.10. The number of nitrogens with one attached hydrogen (secondary N) is 1. The Kier molecular flexibility index (Phi) is 5.04. The third-order valence-electron chi connectivity index (χ3n) is 2.20. The molecule has 0 aliphatic carbocycles. The van der Waals surface area contributed by atoms with Crippen LogP contribution in [0.2, 0.25) is 0 Å². The number of phenols is 1. The fraction of sp³-hybridized carbons (Fsp3) is 0.455. The minimum Gasteiger partial charge on any atom is -0.507 e. The summed E-state index contributed by atoms with van der Waals surface area (Å²) in [7, 11) is 1.53. The van der Waals surface area contributed by atoms with E-state index in [0.29, 0.717) is 17.9 Å². The second-order valence-corrected chi connectivity index (χ2v) is 3.46. The van der Waals surface area contributed by atoms with E-state index in [-0.39, 0.29) is 18.9 Å². The lowest BCUT2D eigenvalue weighted by molar-refractivity contribution is 0.0942. The molecule has 90 valence electrons. The van der Waals surface area contributed by atoms with E-state index in [1.165, 1.54) is 13.2 Å². The number of rotatable bonds is 6. The molecule has 1 aromatic carbocycles. The van der Waals surface area contributed by atoms with Gasteiger partial charge < -0.3 is 25.4 Å². The number of hydrogen-bond acceptors (Lipinski definition) is 5. The molecular weight excluding hydrogens is 210 g/mol. The van der Waals surface area contributed by atoms with Gasteiger partial charge in [-0.25, -0.2) is 0 Å². The Morgan fingerprint density at radius 3 is 2.75 bits per heavy atom. The molecule has 0 spiro atoms. The summed E-state index contributed by atoms with van der Waals surface area (Å²) in [6, 6.07) is 5.02. The first-order valence-corrected chi connectivity index (χ1v) is 5.03. The summed E-state index contributed by atoms with van der Waals surface area (Å²) < 4.78 is 4.96. The number of hydrogen-bond donors (Lipinski definition) is 4. The van der Waals surface area contributed by atoms with E-state index >= 15 is 0 Å². The highest BCUT2D eigenvalue weighted by atomic mass is 16.5. The van der Waals surface area contributed by atoms with Crippen LogP contribution in [0.1, 0.15) is 5.56 Å². The van der Waals surface area contributed by atoms with Crippen molar-refractivity contribution in [3.05, 3.63) is 23.8 Å². The third kappa shape index (κ3) is 3.69. The fourth-order valence-corrected chi connectivity index (χ4v) is 1.26. The number of ether oxygens (including phenoxy) is 1. The van der Waals surface area contributed by atoms with Crippen LogP contribution in [0.15, 0.2) is 18.2 Å². The van der Waals surface area contributed by atoms with Crippen LogP contribution in [0, 0.1) is 0 Å². The number of aliphatic hydroxyl groups is 2. The van der Waals surface area contributed by atoms with Gasteiger partial charge in [0, 0.05) is 24.7 Å². The Balaban J connectivity index is 2.48. The summed E-state index contributed by atoms with van der Waals surface area (Å²) in [4.78, 5) is 0. The van der Waals surface area contributed by atoms with Gasteiger partial charge in [0.1, 0.15) is 11.5 Å². The van der Waals surface area contributed by atoms with Crippen molar-refractivity contribution in [2.75, 3.05) is 20.3 Å². The summed E-state index contributed by atoms with van der Waals surface area (Å²) in [6.45, 7) is 0.427. The lowest BCUT2D eigenvalue weighted by atomic mass is 10.2. The summed E-state index contributed by atoms with van der Waals surface area (Å²) in [5.74, 6) is 0.738. The Hall–Kier alpha value is -1.30. The van der Waals surface area contributed by atoms with E-state index in [9.17, 15) is 5.11 Å². The van der Waals surface area contributed by atoms with Gasteiger partial charge in [0.2, 0.25) is 0 Å². The molecule has 0 bridgehead atoms. The summed E-state index contributed by atoms with van der Waals surface area (Å²) in [6.07, 6.45) is -0.777. The number of aliphatic hydroxyl groups excluding tert-OH is 2. The maximum atomic E-state index is 9.61. The Morgan fingerprint density at radius 2 is 2.19 bits per heavy atom. The molecule has 16 heavy (non-hydrogen) atoms. The van der Waals surface area contributed by atoms with Gasteiger partial charge in [0.15, 0.2) is 0 Å².